The quantitative estimate of drug-likeness (QED) is 0.811. The molecule has 0 bridgehead atoms. The molecule has 0 fully saturated rings. The SMILES string of the molecule is COc1ccc(C(C)NCC(=O)OC(C)(C)C)c(O)c1. The van der Waals surface area contributed by atoms with Crippen LogP contribution in [0, 0.1) is 0 Å². The van der Waals surface area contributed by atoms with Gasteiger partial charge in [0.2, 0.25) is 0 Å². The van der Waals surface area contributed by atoms with Crippen molar-refractivity contribution in [2.45, 2.75) is 39.3 Å². The third-order valence-corrected chi connectivity index (χ3v) is 2.68. The number of carbonyl (C=O) groups is 1. The first-order valence-corrected chi connectivity index (χ1v) is 6.55. The molecule has 112 valence electrons. The molecule has 1 aromatic carbocycles. The minimum Gasteiger partial charge on any atom is -0.507 e. The molecule has 0 aliphatic heterocycles. The van der Waals surface area contributed by atoms with Gasteiger partial charge in [0.05, 0.1) is 13.7 Å². The predicted molar refractivity (Wildman–Crippen MR) is 76.9 cm³/mol. The van der Waals surface area contributed by atoms with Crippen molar-refractivity contribution in [3.05, 3.63) is 23.8 Å². The first-order chi connectivity index (χ1) is 9.23. The van der Waals surface area contributed by atoms with Crippen LogP contribution >= 0.6 is 0 Å². The van der Waals surface area contributed by atoms with Gasteiger partial charge in [-0.05, 0) is 33.8 Å². The Morgan fingerprint density at radius 1 is 1.40 bits per heavy atom. The van der Waals surface area contributed by atoms with Crippen molar-refractivity contribution in [3.63, 3.8) is 0 Å². The zero-order chi connectivity index (χ0) is 15.3. The minimum atomic E-state index is -0.496. The Morgan fingerprint density at radius 2 is 2.05 bits per heavy atom. The molecule has 0 aliphatic carbocycles. The van der Waals surface area contributed by atoms with Crippen molar-refractivity contribution < 1.29 is 19.4 Å². The molecule has 0 spiro atoms. The van der Waals surface area contributed by atoms with E-state index < -0.39 is 5.60 Å². The zero-order valence-corrected chi connectivity index (χ0v) is 12.7. The number of nitrogens with one attached hydrogen (secondary N) is 1. The molecule has 0 aliphatic rings. The van der Waals surface area contributed by atoms with Gasteiger partial charge in [0, 0.05) is 17.7 Å². The van der Waals surface area contributed by atoms with Crippen molar-refractivity contribution in [2.75, 3.05) is 13.7 Å². The molecule has 1 rings (SSSR count). The molecule has 5 heteroatoms. The number of esters is 1. The van der Waals surface area contributed by atoms with E-state index in [0.29, 0.717) is 11.3 Å². The molecule has 0 heterocycles. The van der Waals surface area contributed by atoms with Crippen LogP contribution in [0.1, 0.15) is 39.3 Å². The molecular formula is C15H23NO4. The summed E-state index contributed by atoms with van der Waals surface area (Å²) < 4.78 is 10.2. The van der Waals surface area contributed by atoms with Gasteiger partial charge >= 0.3 is 5.97 Å². The summed E-state index contributed by atoms with van der Waals surface area (Å²) in [4.78, 5) is 11.6. The second-order valence-electron chi connectivity index (χ2n) is 5.61. The summed E-state index contributed by atoms with van der Waals surface area (Å²) in [5, 5.41) is 12.9. The second-order valence-corrected chi connectivity index (χ2v) is 5.61. The van der Waals surface area contributed by atoms with Crippen LogP contribution in [-0.2, 0) is 9.53 Å². The van der Waals surface area contributed by atoms with Crippen LogP contribution in [0.3, 0.4) is 0 Å². The van der Waals surface area contributed by atoms with Gasteiger partial charge in [-0.25, -0.2) is 0 Å². The lowest BCUT2D eigenvalue weighted by molar-refractivity contribution is -0.153. The van der Waals surface area contributed by atoms with Crippen LogP contribution < -0.4 is 10.1 Å². The molecule has 0 saturated carbocycles. The number of methoxy groups -OCH3 is 1. The summed E-state index contributed by atoms with van der Waals surface area (Å²) in [6, 6.07) is 4.90. The second kappa shape index (κ2) is 6.61. The van der Waals surface area contributed by atoms with E-state index in [0.717, 1.165) is 0 Å². The highest BCUT2D eigenvalue weighted by Crippen LogP contribution is 2.28. The summed E-state index contributed by atoms with van der Waals surface area (Å²) in [7, 11) is 1.54. The summed E-state index contributed by atoms with van der Waals surface area (Å²) in [6.07, 6.45) is 0. The topological polar surface area (TPSA) is 67.8 Å². The molecular weight excluding hydrogens is 258 g/mol. The predicted octanol–water partition coefficient (Wildman–Crippen LogP) is 2.39. The van der Waals surface area contributed by atoms with E-state index in [1.807, 2.05) is 27.7 Å². The fraction of sp³-hybridized carbons (Fsp3) is 0.533. The van der Waals surface area contributed by atoms with E-state index in [4.69, 9.17) is 9.47 Å². The molecule has 20 heavy (non-hydrogen) atoms. The van der Waals surface area contributed by atoms with Crippen LogP contribution in [0.4, 0.5) is 0 Å². The van der Waals surface area contributed by atoms with Gasteiger partial charge < -0.3 is 19.9 Å². The number of benzene rings is 1. The summed E-state index contributed by atoms with van der Waals surface area (Å²) in [6.45, 7) is 7.42. The van der Waals surface area contributed by atoms with Gasteiger partial charge in [-0.1, -0.05) is 6.07 Å². The number of phenols is 1. The lowest BCUT2D eigenvalue weighted by Crippen LogP contribution is -2.32. The van der Waals surface area contributed by atoms with Crippen molar-refractivity contribution in [3.8, 4) is 11.5 Å². The van der Waals surface area contributed by atoms with Crippen LogP contribution in [0.5, 0.6) is 11.5 Å². The number of carbonyl (C=O) groups excluding carboxylic acids is 1. The van der Waals surface area contributed by atoms with Gasteiger partial charge in [-0.15, -0.1) is 0 Å². The third kappa shape index (κ3) is 5.09. The van der Waals surface area contributed by atoms with Crippen LogP contribution in [0.25, 0.3) is 0 Å². The molecule has 1 aromatic rings. The van der Waals surface area contributed by atoms with E-state index >= 15 is 0 Å². The largest absolute Gasteiger partial charge is 0.507 e. The Hall–Kier alpha value is -1.75. The molecule has 5 nitrogen and oxygen atoms in total. The Bertz CT molecular complexity index is 465. The molecule has 0 saturated heterocycles. The summed E-state index contributed by atoms with van der Waals surface area (Å²) >= 11 is 0. The van der Waals surface area contributed by atoms with E-state index in [1.54, 1.807) is 25.3 Å². The summed E-state index contributed by atoms with van der Waals surface area (Å²) in [5.41, 5.74) is 0.207. The van der Waals surface area contributed by atoms with Crippen LogP contribution in [0.15, 0.2) is 18.2 Å². The van der Waals surface area contributed by atoms with Crippen molar-refractivity contribution in [1.29, 1.82) is 0 Å². The van der Waals surface area contributed by atoms with Gasteiger partial charge in [0.15, 0.2) is 0 Å². The zero-order valence-electron chi connectivity index (χ0n) is 12.7. The lowest BCUT2D eigenvalue weighted by atomic mass is 10.1. The van der Waals surface area contributed by atoms with Crippen LogP contribution in [0.2, 0.25) is 0 Å². The molecule has 0 aromatic heterocycles. The van der Waals surface area contributed by atoms with Crippen molar-refractivity contribution in [1.82, 2.24) is 5.32 Å². The Labute approximate surface area is 119 Å². The van der Waals surface area contributed by atoms with Crippen LogP contribution in [-0.4, -0.2) is 30.3 Å². The molecule has 1 atom stereocenters. The average Bonchev–Trinajstić information content (AvgIpc) is 2.33. The van der Waals surface area contributed by atoms with Crippen molar-refractivity contribution in [2.24, 2.45) is 0 Å². The number of aromatic hydroxyl groups is 1. The van der Waals surface area contributed by atoms with Gasteiger partial charge in [0.1, 0.15) is 17.1 Å². The fourth-order valence-electron chi connectivity index (χ4n) is 1.74. The van der Waals surface area contributed by atoms with E-state index in [9.17, 15) is 9.90 Å². The first kappa shape index (κ1) is 16.3. The summed E-state index contributed by atoms with van der Waals surface area (Å²) in [5.74, 6) is 0.400. The molecule has 2 N–H and O–H groups in total. The Morgan fingerprint density at radius 3 is 2.55 bits per heavy atom. The Kier molecular flexibility index (Phi) is 5.39. The minimum absolute atomic E-state index is 0.0872. The number of ether oxygens (including phenoxy) is 2. The van der Waals surface area contributed by atoms with Gasteiger partial charge in [0.25, 0.3) is 0 Å². The monoisotopic (exact) mass is 281 g/mol. The molecule has 0 radical (unpaired) electrons. The standard InChI is InChI=1S/C15H23NO4/c1-10(16-9-14(18)20-15(2,3)4)12-7-6-11(19-5)8-13(12)17/h6-8,10,16-17H,9H2,1-5H3. The maximum absolute atomic E-state index is 11.6. The van der Waals surface area contributed by atoms with Crippen molar-refractivity contribution >= 4 is 5.97 Å². The Balaban J connectivity index is 2.59. The molecule has 1 unspecified atom stereocenters. The normalized spacial score (nSPS) is 12.8. The lowest BCUT2D eigenvalue weighted by Gasteiger charge is -2.21. The number of rotatable bonds is 5. The van der Waals surface area contributed by atoms with Gasteiger partial charge in [-0.3, -0.25) is 4.79 Å². The highest BCUT2D eigenvalue weighted by molar-refractivity contribution is 5.72. The highest BCUT2D eigenvalue weighted by atomic mass is 16.6. The maximum atomic E-state index is 11.6. The number of phenolic OH excluding ortho intramolecular Hbond substituents is 1. The average molecular weight is 281 g/mol. The first-order valence-electron chi connectivity index (χ1n) is 6.55. The smallest absolute Gasteiger partial charge is 0.320 e. The maximum Gasteiger partial charge on any atom is 0.320 e. The van der Waals surface area contributed by atoms with E-state index in [-0.39, 0.29) is 24.3 Å². The third-order valence-electron chi connectivity index (χ3n) is 2.68. The van der Waals surface area contributed by atoms with E-state index in [2.05, 4.69) is 5.32 Å². The number of hydrogen-bond donors (Lipinski definition) is 2. The fourth-order valence-corrected chi connectivity index (χ4v) is 1.74. The molecule has 0 amide bonds. The van der Waals surface area contributed by atoms with Gasteiger partial charge in [-0.2, -0.15) is 0 Å². The van der Waals surface area contributed by atoms with E-state index in [1.165, 1.54) is 0 Å². The highest BCUT2D eigenvalue weighted by Gasteiger charge is 2.17. The number of hydrogen-bond acceptors (Lipinski definition) is 5.